The number of benzene rings is 2. The average Bonchev–Trinajstić information content (AvgIpc) is 3.08. The Morgan fingerprint density at radius 2 is 1.70 bits per heavy atom. The predicted octanol–water partition coefficient (Wildman–Crippen LogP) is 4.85. The third-order valence-electron chi connectivity index (χ3n) is 4.69. The van der Waals surface area contributed by atoms with Gasteiger partial charge in [0.25, 0.3) is 5.91 Å². The Kier molecular flexibility index (Phi) is 5.45. The van der Waals surface area contributed by atoms with E-state index >= 15 is 0 Å². The van der Waals surface area contributed by atoms with Crippen LogP contribution in [0.3, 0.4) is 0 Å². The molecule has 3 aromatic rings. The van der Waals surface area contributed by atoms with Gasteiger partial charge >= 0.3 is 0 Å². The topological polar surface area (TPSA) is 46.9 Å². The van der Waals surface area contributed by atoms with Crippen LogP contribution in [-0.2, 0) is 0 Å². The largest absolute Gasteiger partial charge is 0.350 e. The number of carbonyl (C=O) groups excluding carboxylic acids is 1. The minimum atomic E-state index is -0.105. The number of nitrogens with zero attached hydrogens (tertiary/aromatic N) is 2. The summed E-state index contributed by atoms with van der Waals surface area (Å²) in [6.45, 7) is 11.0. The standard InChI is InChI=1S/C23H27N3O/c1-15(2)14-24-23(27)22-13-21(19-9-8-17(4)18(5)12-19)25-26(22)20-10-6-16(3)7-11-20/h6-13,15H,14H2,1-5H3,(H,24,27). The first kappa shape index (κ1) is 18.9. The highest BCUT2D eigenvalue weighted by atomic mass is 16.2. The van der Waals surface area contributed by atoms with Gasteiger partial charge in [-0.25, -0.2) is 4.68 Å². The van der Waals surface area contributed by atoms with E-state index in [1.807, 2.05) is 37.3 Å². The van der Waals surface area contributed by atoms with E-state index in [0.29, 0.717) is 18.2 Å². The Bertz CT molecular complexity index is 952. The van der Waals surface area contributed by atoms with Gasteiger partial charge < -0.3 is 5.32 Å². The van der Waals surface area contributed by atoms with Crippen LogP contribution < -0.4 is 5.32 Å². The normalized spacial score (nSPS) is 11.0. The summed E-state index contributed by atoms with van der Waals surface area (Å²) in [5.74, 6) is 0.288. The van der Waals surface area contributed by atoms with E-state index in [9.17, 15) is 4.79 Å². The van der Waals surface area contributed by atoms with Crippen LogP contribution in [0.1, 0.15) is 41.0 Å². The molecular weight excluding hydrogens is 334 g/mol. The third kappa shape index (κ3) is 4.27. The van der Waals surface area contributed by atoms with Crippen molar-refractivity contribution in [3.05, 3.63) is 70.9 Å². The highest BCUT2D eigenvalue weighted by molar-refractivity contribution is 5.94. The maximum absolute atomic E-state index is 12.8. The van der Waals surface area contributed by atoms with Crippen molar-refractivity contribution in [3.63, 3.8) is 0 Å². The van der Waals surface area contributed by atoms with Gasteiger partial charge in [-0.2, -0.15) is 5.10 Å². The fourth-order valence-electron chi connectivity index (χ4n) is 2.85. The molecule has 0 saturated heterocycles. The highest BCUT2D eigenvalue weighted by Gasteiger charge is 2.18. The molecule has 0 aliphatic heterocycles. The van der Waals surface area contributed by atoms with Crippen molar-refractivity contribution in [2.45, 2.75) is 34.6 Å². The molecule has 140 valence electrons. The maximum atomic E-state index is 12.8. The second kappa shape index (κ2) is 7.78. The lowest BCUT2D eigenvalue weighted by atomic mass is 10.0. The molecule has 4 nitrogen and oxygen atoms in total. The number of nitrogens with one attached hydrogen (secondary N) is 1. The fourth-order valence-corrected chi connectivity index (χ4v) is 2.85. The van der Waals surface area contributed by atoms with Crippen molar-refractivity contribution in [1.82, 2.24) is 15.1 Å². The average molecular weight is 361 g/mol. The Balaban J connectivity index is 2.06. The first-order chi connectivity index (χ1) is 12.8. The monoisotopic (exact) mass is 361 g/mol. The van der Waals surface area contributed by atoms with Gasteiger partial charge in [-0.3, -0.25) is 4.79 Å². The molecule has 0 radical (unpaired) electrons. The maximum Gasteiger partial charge on any atom is 0.270 e. The van der Waals surface area contributed by atoms with Gasteiger partial charge in [0, 0.05) is 12.1 Å². The molecule has 0 aliphatic carbocycles. The van der Waals surface area contributed by atoms with Crippen LogP contribution in [-0.4, -0.2) is 22.2 Å². The summed E-state index contributed by atoms with van der Waals surface area (Å²) in [7, 11) is 0. The Morgan fingerprint density at radius 1 is 1.00 bits per heavy atom. The summed E-state index contributed by atoms with van der Waals surface area (Å²) in [6.07, 6.45) is 0. The third-order valence-corrected chi connectivity index (χ3v) is 4.69. The predicted molar refractivity (Wildman–Crippen MR) is 110 cm³/mol. The SMILES string of the molecule is Cc1ccc(-n2nc(-c3ccc(C)c(C)c3)cc2C(=O)NCC(C)C)cc1. The number of amides is 1. The summed E-state index contributed by atoms with van der Waals surface area (Å²) < 4.78 is 1.74. The molecule has 3 rings (SSSR count). The highest BCUT2D eigenvalue weighted by Crippen LogP contribution is 2.24. The van der Waals surface area contributed by atoms with E-state index in [2.05, 4.69) is 51.2 Å². The van der Waals surface area contributed by atoms with Crippen molar-refractivity contribution >= 4 is 5.91 Å². The smallest absolute Gasteiger partial charge is 0.270 e. The van der Waals surface area contributed by atoms with Crippen LogP contribution in [0, 0.1) is 26.7 Å². The number of rotatable bonds is 5. The lowest BCUT2D eigenvalue weighted by Crippen LogP contribution is -2.29. The van der Waals surface area contributed by atoms with Crippen molar-refractivity contribution in [1.29, 1.82) is 0 Å². The number of carbonyl (C=O) groups is 1. The van der Waals surface area contributed by atoms with Gasteiger partial charge in [-0.15, -0.1) is 0 Å². The Morgan fingerprint density at radius 3 is 2.33 bits per heavy atom. The lowest BCUT2D eigenvalue weighted by molar-refractivity contribution is 0.0941. The van der Waals surface area contributed by atoms with Crippen LogP contribution in [0.15, 0.2) is 48.5 Å². The molecule has 0 fully saturated rings. The zero-order valence-electron chi connectivity index (χ0n) is 16.7. The quantitative estimate of drug-likeness (QED) is 0.706. The van der Waals surface area contributed by atoms with E-state index in [1.54, 1.807) is 4.68 Å². The molecule has 0 spiro atoms. The van der Waals surface area contributed by atoms with E-state index in [0.717, 1.165) is 16.9 Å². The van der Waals surface area contributed by atoms with Crippen LogP contribution in [0.4, 0.5) is 0 Å². The minimum absolute atomic E-state index is 0.105. The van der Waals surface area contributed by atoms with E-state index in [1.165, 1.54) is 16.7 Å². The Hall–Kier alpha value is -2.88. The van der Waals surface area contributed by atoms with Crippen molar-refractivity contribution in [3.8, 4) is 16.9 Å². The molecule has 0 saturated carbocycles. The number of aryl methyl sites for hydroxylation is 3. The molecule has 0 aliphatic rings. The molecule has 0 bridgehead atoms. The molecule has 27 heavy (non-hydrogen) atoms. The van der Waals surface area contributed by atoms with Crippen molar-refractivity contribution < 1.29 is 4.79 Å². The molecule has 0 unspecified atom stereocenters. The number of aromatic nitrogens is 2. The minimum Gasteiger partial charge on any atom is -0.350 e. The molecule has 1 heterocycles. The summed E-state index contributed by atoms with van der Waals surface area (Å²) in [4.78, 5) is 12.8. The summed E-state index contributed by atoms with van der Waals surface area (Å²) in [6, 6.07) is 16.2. The lowest BCUT2D eigenvalue weighted by Gasteiger charge is -2.10. The van der Waals surface area contributed by atoms with Gasteiger partial charge in [0.05, 0.1) is 11.4 Å². The molecule has 2 aromatic carbocycles. The van der Waals surface area contributed by atoms with Crippen molar-refractivity contribution in [2.24, 2.45) is 5.92 Å². The van der Waals surface area contributed by atoms with E-state index in [4.69, 9.17) is 5.10 Å². The second-order valence-corrected chi connectivity index (χ2v) is 7.57. The summed E-state index contributed by atoms with van der Waals surface area (Å²) in [5, 5.41) is 7.76. The van der Waals surface area contributed by atoms with Gasteiger partial charge in [-0.05, 0) is 62.1 Å². The summed E-state index contributed by atoms with van der Waals surface area (Å²) in [5.41, 5.74) is 6.87. The zero-order valence-corrected chi connectivity index (χ0v) is 16.7. The van der Waals surface area contributed by atoms with Crippen LogP contribution in [0.25, 0.3) is 16.9 Å². The van der Waals surface area contributed by atoms with E-state index in [-0.39, 0.29) is 5.91 Å². The van der Waals surface area contributed by atoms with E-state index < -0.39 is 0 Å². The van der Waals surface area contributed by atoms with Gasteiger partial charge in [0.2, 0.25) is 0 Å². The molecule has 4 heteroatoms. The molecular formula is C23H27N3O. The first-order valence-corrected chi connectivity index (χ1v) is 9.38. The molecule has 1 N–H and O–H groups in total. The van der Waals surface area contributed by atoms with Gasteiger partial charge in [-0.1, -0.05) is 43.7 Å². The molecule has 1 amide bonds. The Labute approximate surface area is 161 Å². The van der Waals surface area contributed by atoms with Gasteiger partial charge in [0.15, 0.2) is 0 Å². The molecule has 1 aromatic heterocycles. The number of hydrogen-bond acceptors (Lipinski definition) is 2. The fraction of sp³-hybridized carbons (Fsp3) is 0.304. The summed E-state index contributed by atoms with van der Waals surface area (Å²) >= 11 is 0. The van der Waals surface area contributed by atoms with Crippen LogP contribution >= 0.6 is 0 Å². The first-order valence-electron chi connectivity index (χ1n) is 9.38. The van der Waals surface area contributed by atoms with Crippen molar-refractivity contribution in [2.75, 3.05) is 6.54 Å². The van der Waals surface area contributed by atoms with Crippen LogP contribution in [0.5, 0.6) is 0 Å². The number of hydrogen-bond donors (Lipinski definition) is 1. The second-order valence-electron chi connectivity index (χ2n) is 7.57. The van der Waals surface area contributed by atoms with Crippen LogP contribution in [0.2, 0.25) is 0 Å². The van der Waals surface area contributed by atoms with Gasteiger partial charge in [0.1, 0.15) is 5.69 Å². The zero-order chi connectivity index (χ0) is 19.6. The molecule has 0 atom stereocenters.